The van der Waals surface area contributed by atoms with E-state index in [4.69, 9.17) is 11.6 Å². The minimum absolute atomic E-state index is 0.0535. The second-order valence-electron chi connectivity index (χ2n) is 7.34. The van der Waals surface area contributed by atoms with Gasteiger partial charge in [-0.2, -0.15) is 9.40 Å². The topological polar surface area (TPSA) is 92.6 Å². The summed E-state index contributed by atoms with van der Waals surface area (Å²) in [7, 11) is -3.74. The molecule has 1 aliphatic rings. The van der Waals surface area contributed by atoms with Gasteiger partial charge < -0.3 is 4.90 Å². The summed E-state index contributed by atoms with van der Waals surface area (Å²) in [5.74, 6) is -0.283. The first kappa shape index (κ1) is 22.7. The molecule has 32 heavy (non-hydrogen) atoms. The third kappa shape index (κ3) is 4.63. The first-order chi connectivity index (χ1) is 15.3. The molecule has 8 nitrogen and oxygen atoms in total. The summed E-state index contributed by atoms with van der Waals surface area (Å²) >= 11 is 7.62. The molecule has 1 aromatic carbocycles. The normalized spacial score (nSPS) is 15.1. The molecule has 0 atom stereocenters. The molecule has 0 radical (unpaired) electrons. The summed E-state index contributed by atoms with van der Waals surface area (Å²) in [5.41, 5.74) is 0.265. The van der Waals surface area contributed by atoms with Gasteiger partial charge in [-0.15, -0.1) is 11.3 Å². The number of hydrogen-bond donors (Lipinski definition) is 0. The summed E-state index contributed by atoms with van der Waals surface area (Å²) < 4.78 is 28.2. The van der Waals surface area contributed by atoms with Crippen LogP contribution in [0.5, 0.6) is 0 Å². The molecule has 0 N–H and O–H groups in total. The molecule has 1 amide bonds. The van der Waals surface area contributed by atoms with Gasteiger partial charge in [-0.25, -0.2) is 13.1 Å². The van der Waals surface area contributed by atoms with Crippen LogP contribution in [0, 0.1) is 6.92 Å². The van der Waals surface area contributed by atoms with Gasteiger partial charge in [0.15, 0.2) is 0 Å². The third-order valence-electron chi connectivity index (χ3n) is 5.19. The minimum atomic E-state index is -3.74. The number of amides is 1. The number of piperazine rings is 1. The molecule has 11 heteroatoms. The summed E-state index contributed by atoms with van der Waals surface area (Å²) in [4.78, 5) is 28.7. The van der Waals surface area contributed by atoms with Crippen LogP contribution in [-0.4, -0.2) is 59.5 Å². The SMILES string of the molecule is Cc1ccc(-c2ccc(=O)n(CC(=O)N3CCN(S(=O)(=O)c4ccccc4Cl)CC3)n2)s1. The fourth-order valence-electron chi connectivity index (χ4n) is 3.46. The van der Waals surface area contributed by atoms with Gasteiger partial charge in [0.1, 0.15) is 17.1 Å². The molecule has 168 valence electrons. The molecule has 1 saturated heterocycles. The van der Waals surface area contributed by atoms with Crippen molar-refractivity contribution in [2.24, 2.45) is 0 Å². The van der Waals surface area contributed by atoms with E-state index in [1.54, 1.807) is 34.4 Å². The summed E-state index contributed by atoms with van der Waals surface area (Å²) in [6.07, 6.45) is 0. The molecule has 3 aromatic rings. The molecule has 2 aromatic heterocycles. The Morgan fingerprint density at radius 1 is 1.06 bits per heavy atom. The van der Waals surface area contributed by atoms with Crippen molar-refractivity contribution in [1.82, 2.24) is 19.0 Å². The molecule has 0 bridgehead atoms. The highest BCUT2D eigenvalue weighted by molar-refractivity contribution is 7.89. The van der Waals surface area contributed by atoms with E-state index in [1.807, 2.05) is 19.1 Å². The number of rotatable bonds is 5. The van der Waals surface area contributed by atoms with Gasteiger partial charge >= 0.3 is 0 Å². The van der Waals surface area contributed by atoms with Gasteiger partial charge in [0.05, 0.1) is 9.90 Å². The predicted molar refractivity (Wildman–Crippen MR) is 123 cm³/mol. The van der Waals surface area contributed by atoms with Gasteiger partial charge in [-0.05, 0) is 37.3 Å². The smallest absolute Gasteiger partial charge is 0.267 e. The van der Waals surface area contributed by atoms with Crippen LogP contribution >= 0.6 is 22.9 Å². The van der Waals surface area contributed by atoms with Crippen molar-refractivity contribution in [2.75, 3.05) is 26.2 Å². The van der Waals surface area contributed by atoms with Crippen molar-refractivity contribution in [2.45, 2.75) is 18.4 Å². The summed E-state index contributed by atoms with van der Waals surface area (Å²) in [6.45, 7) is 2.53. The van der Waals surface area contributed by atoms with E-state index in [-0.39, 0.29) is 54.1 Å². The first-order valence-electron chi connectivity index (χ1n) is 9.93. The van der Waals surface area contributed by atoms with E-state index in [0.29, 0.717) is 5.69 Å². The van der Waals surface area contributed by atoms with Crippen molar-refractivity contribution in [3.05, 3.63) is 68.8 Å². The number of aryl methyl sites for hydroxylation is 1. The number of carbonyl (C=O) groups is 1. The quantitative estimate of drug-likeness (QED) is 0.545. The number of halogens is 1. The van der Waals surface area contributed by atoms with E-state index in [1.165, 1.54) is 22.5 Å². The maximum Gasteiger partial charge on any atom is 0.267 e. The van der Waals surface area contributed by atoms with E-state index >= 15 is 0 Å². The van der Waals surface area contributed by atoms with Crippen LogP contribution < -0.4 is 5.56 Å². The number of carbonyl (C=O) groups excluding carboxylic acids is 1. The molecular formula is C21H21ClN4O4S2. The third-order valence-corrected chi connectivity index (χ3v) is 8.61. The van der Waals surface area contributed by atoms with E-state index in [2.05, 4.69) is 5.10 Å². The van der Waals surface area contributed by atoms with Crippen LogP contribution in [0.3, 0.4) is 0 Å². The fourth-order valence-corrected chi connectivity index (χ4v) is 6.21. The zero-order valence-corrected chi connectivity index (χ0v) is 19.7. The van der Waals surface area contributed by atoms with Crippen LogP contribution in [0.25, 0.3) is 10.6 Å². The van der Waals surface area contributed by atoms with E-state index in [0.717, 1.165) is 14.4 Å². The second kappa shape index (κ2) is 9.14. The highest BCUT2D eigenvalue weighted by Gasteiger charge is 2.31. The fraction of sp³-hybridized carbons (Fsp3) is 0.286. The molecule has 0 aliphatic carbocycles. The maximum absolute atomic E-state index is 12.9. The van der Waals surface area contributed by atoms with Crippen molar-refractivity contribution in [3.63, 3.8) is 0 Å². The largest absolute Gasteiger partial charge is 0.338 e. The lowest BCUT2D eigenvalue weighted by molar-refractivity contribution is -0.133. The van der Waals surface area contributed by atoms with Gasteiger partial charge in [-0.1, -0.05) is 23.7 Å². The van der Waals surface area contributed by atoms with Crippen LogP contribution in [0.1, 0.15) is 4.88 Å². The zero-order valence-electron chi connectivity index (χ0n) is 17.3. The predicted octanol–water partition coefficient (Wildman–Crippen LogP) is 2.47. The Morgan fingerprint density at radius 3 is 2.44 bits per heavy atom. The number of thiophene rings is 1. The Bertz CT molecular complexity index is 1310. The Kier molecular flexibility index (Phi) is 6.47. The van der Waals surface area contributed by atoms with Crippen molar-refractivity contribution in [1.29, 1.82) is 0 Å². The Hall–Kier alpha value is -2.53. The first-order valence-corrected chi connectivity index (χ1v) is 12.6. The Morgan fingerprint density at radius 2 is 1.78 bits per heavy atom. The van der Waals surface area contributed by atoms with Crippen molar-refractivity contribution >= 4 is 38.9 Å². The minimum Gasteiger partial charge on any atom is -0.338 e. The highest BCUT2D eigenvalue weighted by atomic mass is 35.5. The van der Waals surface area contributed by atoms with Crippen LogP contribution in [0.15, 0.2) is 58.2 Å². The van der Waals surface area contributed by atoms with Crippen LogP contribution in [-0.2, 0) is 21.4 Å². The molecule has 0 spiro atoms. The molecule has 0 unspecified atom stereocenters. The lowest BCUT2D eigenvalue weighted by Gasteiger charge is -2.34. The summed E-state index contributed by atoms with van der Waals surface area (Å²) in [5, 5.41) is 4.50. The van der Waals surface area contributed by atoms with Crippen LogP contribution in [0.2, 0.25) is 5.02 Å². The van der Waals surface area contributed by atoms with Gasteiger partial charge in [-0.3, -0.25) is 9.59 Å². The standard InChI is InChI=1S/C21H21ClN4O4S2/c1-15-6-8-18(31-15)17-7-9-20(27)26(23-17)14-21(28)24-10-12-25(13-11-24)32(29,30)19-5-3-2-4-16(19)22/h2-9H,10-14H2,1H3. The van der Waals surface area contributed by atoms with Gasteiger partial charge in [0, 0.05) is 37.1 Å². The van der Waals surface area contributed by atoms with E-state index in [9.17, 15) is 18.0 Å². The number of aromatic nitrogens is 2. The number of nitrogens with zero attached hydrogens (tertiary/aromatic N) is 4. The number of sulfonamides is 1. The summed E-state index contributed by atoms with van der Waals surface area (Å²) in [6, 6.07) is 13.2. The molecular weight excluding hydrogens is 472 g/mol. The number of benzene rings is 1. The molecule has 0 saturated carbocycles. The molecule has 3 heterocycles. The number of hydrogen-bond acceptors (Lipinski definition) is 6. The Labute approximate surface area is 194 Å². The van der Waals surface area contributed by atoms with E-state index < -0.39 is 10.0 Å². The van der Waals surface area contributed by atoms with Gasteiger partial charge in [0.2, 0.25) is 15.9 Å². The molecule has 4 rings (SSSR count). The van der Waals surface area contributed by atoms with Crippen LogP contribution in [0.4, 0.5) is 0 Å². The molecule has 1 fully saturated rings. The lowest BCUT2D eigenvalue weighted by Crippen LogP contribution is -2.51. The lowest BCUT2D eigenvalue weighted by atomic mass is 10.3. The molecule has 1 aliphatic heterocycles. The Balaban J connectivity index is 1.43. The highest BCUT2D eigenvalue weighted by Crippen LogP contribution is 2.26. The average molecular weight is 493 g/mol. The van der Waals surface area contributed by atoms with Crippen molar-refractivity contribution < 1.29 is 13.2 Å². The average Bonchev–Trinajstić information content (AvgIpc) is 3.22. The van der Waals surface area contributed by atoms with Crippen molar-refractivity contribution in [3.8, 4) is 10.6 Å². The monoisotopic (exact) mass is 492 g/mol. The second-order valence-corrected chi connectivity index (χ2v) is 10.9. The van der Waals surface area contributed by atoms with Gasteiger partial charge in [0.25, 0.3) is 5.56 Å². The maximum atomic E-state index is 12.9. The zero-order chi connectivity index (χ0) is 22.9.